The van der Waals surface area contributed by atoms with Gasteiger partial charge in [-0.1, -0.05) is 12.1 Å². The topological polar surface area (TPSA) is 55.6 Å². The molecule has 1 saturated heterocycles. The zero-order valence-corrected chi connectivity index (χ0v) is 8.73. The fraction of sp³-hybridized carbons (Fsp3) is 0.364. The SMILES string of the molecule is NCC1CCOC(=O)N1c1ccccc1F. The Morgan fingerprint density at radius 1 is 1.50 bits per heavy atom. The highest BCUT2D eigenvalue weighted by Gasteiger charge is 2.31. The quantitative estimate of drug-likeness (QED) is 0.828. The molecule has 0 bridgehead atoms. The van der Waals surface area contributed by atoms with Crippen molar-refractivity contribution < 1.29 is 13.9 Å². The highest BCUT2D eigenvalue weighted by Crippen LogP contribution is 2.25. The fourth-order valence-electron chi connectivity index (χ4n) is 1.80. The number of rotatable bonds is 2. The predicted molar refractivity (Wildman–Crippen MR) is 57.7 cm³/mol. The molecule has 1 aromatic rings. The minimum absolute atomic E-state index is 0.196. The van der Waals surface area contributed by atoms with Crippen LogP contribution in [0.2, 0.25) is 0 Å². The molecular weight excluding hydrogens is 211 g/mol. The molecule has 0 radical (unpaired) electrons. The van der Waals surface area contributed by atoms with E-state index in [1.54, 1.807) is 18.2 Å². The first-order valence-corrected chi connectivity index (χ1v) is 5.14. The summed E-state index contributed by atoms with van der Waals surface area (Å²) in [5.41, 5.74) is 5.80. The summed E-state index contributed by atoms with van der Waals surface area (Å²) in [6, 6.07) is 5.91. The normalized spacial score (nSPS) is 20.8. The summed E-state index contributed by atoms with van der Waals surface area (Å²) in [7, 11) is 0. The number of nitrogens with two attached hydrogens (primary N) is 1. The highest BCUT2D eigenvalue weighted by molar-refractivity contribution is 5.89. The van der Waals surface area contributed by atoms with Gasteiger partial charge in [-0.3, -0.25) is 4.90 Å². The molecule has 0 saturated carbocycles. The number of nitrogens with zero attached hydrogens (tertiary/aromatic N) is 1. The Morgan fingerprint density at radius 3 is 2.94 bits per heavy atom. The van der Waals surface area contributed by atoms with Gasteiger partial charge in [-0.15, -0.1) is 0 Å². The molecule has 1 aromatic carbocycles. The molecule has 1 fully saturated rings. The number of halogens is 1. The van der Waals surface area contributed by atoms with E-state index in [2.05, 4.69) is 0 Å². The summed E-state index contributed by atoms with van der Waals surface area (Å²) in [6.45, 7) is 0.634. The molecule has 0 aromatic heterocycles. The molecule has 2 N–H and O–H groups in total. The van der Waals surface area contributed by atoms with E-state index in [1.807, 2.05) is 0 Å². The Hall–Kier alpha value is -1.62. The smallest absolute Gasteiger partial charge is 0.414 e. The van der Waals surface area contributed by atoms with Crippen LogP contribution in [0.4, 0.5) is 14.9 Å². The van der Waals surface area contributed by atoms with E-state index in [-0.39, 0.29) is 11.7 Å². The van der Waals surface area contributed by atoms with Crippen LogP contribution in [0.25, 0.3) is 0 Å². The molecule has 86 valence electrons. The maximum atomic E-state index is 13.6. The van der Waals surface area contributed by atoms with Crippen LogP contribution in [0.1, 0.15) is 6.42 Å². The maximum absolute atomic E-state index is 13.6. The molecule has 1 aliphatic rings. The Labute approximate surface area is 92.8 Å². The Kier molecular flexibility index (Phi) is 3.05. The van der Waals surface area contributed by atoms with Crippen LogP contribution in [0.3, 0.4) is 0 Å². The number of carbonyl (C=O) groups excluding carboxylic acids is 1. The van der Waals surface area contributed by atoms with Gasteiger partial charge in [-0.2, -0.15) is 0 Å². The van der Waals surface area contributed by atoms with Gasteiger partial charge in [0.2, 0.25) is 0 Å². The predicted octanol–water partition coefficient (Wildman–Crippen LogP) is 1.50. The van der Waals surface area contributed by atoms with Crippen molar-refractivity contribution in [3.63, 3.8) is 0 Å². The molecule has 0 spiro atoms. The van der Waals surface area contributed by atoms with Gasteiger partial charge in [0.15, 0.2) is 0 Å². The van der Waals surface area contributed by atoms with Crippen LogP contribution in [-0.4, -0.2) is 25.3 Å². The molecule has 1 aliphatic heterocycles. The van der Waals surface area contributed by atoms with Crippen molar-refractivity contribution in [1.82, 2.24) is 0 Å². The largest absolute Gasteiger partial charge is 0.449 e. The van der Waals surface area contributed by atoms with Gasteiger partial charge >= 0.3 is 6.09 Å². The van der Waals surface area contributed by atoms with Crippen molar-refractivity contribution in [2.24, 2.45) is 5.73 Å². The number of hydrogen-bond acceptors (Lipinski definition) is 3. The third-order valence-corrected chi connectivity index (χ3v) is 2.62. The third kappa shape index (κ3) is 1.86. The Bertz CT molecular complexity index is 397. The Morgan fingerprint density at radius 2 is 2.25 bits per heavy atom. The highest BCUT2D eigenvalue weighted by atomic mass is 19.1. The van der Waals surface area contributed by atoms with E-state index < -0.39 is 11.9 Å². The van der Waals surface area contributed by atoms with Crippen molar-refractivity contribution in [3.05, 3.63) is 30.1 Å². The zero-order valence-electron chi connectivity index (χ0n) is 8.73. The van der Waals surface area contributed by atoms with E-state index in [1.165, 1.54) is 11.0 Å². The van der Waals surface area contributed by atoms with Gasteiger partial charge in [-0.05, 0) is 12.1 Å². The number of benzene rings is 1. The average Bonchev–Trinajstić information content (AvgIpc) is 2.30. The number of cyclic esters (lactones) is 1. The van der Waals surface area contributed by atoms with Crippen LogP contribution in [0, 0.1) is 5.82 Å². The number of para-hydroxylation sites is 1. The minimum atomic E-state index is -0.535. The molecule has 5 heteroatoms. The molecule has 1 heterocycles. The standard InChI is InChI=1S/C11H13FN2O2/c12-9-3-1-2-4-10(9)14-8(7-13)5-6-16-11(14)15/h1-4,8H,5-7,13H2. The second-order valence-electron chi connectivity index (χ2n) is 3.61. The van der Waals surface area contributed by atoms with Gasteiger partial charge in [-0.25, -0.2) is 9.18 Å². The first-order valence-electron chi connectivity index (χ1n) is 5.14. The monoisotopic (exact) mass is 224 g/mol. The van der Waals surface area contributed by atoms with Crippen LogP contribution in [-0.2, 0) is 4.74 Å². The van der Waals surface area contributed by atoms with E-state index in [0.717, 1.165) is 0 Å². The fourth-order valence-corrected chi connectivity index (χ4v) is 1.80. The lowest BCUT2D eigenvalue weighted by Gasteiger charge is -2.34. The molecule has 2 rings (SSSR count). The summed E-state index contributed by atoms with van der Waals surface area (Å²) in [6.07, 6.45) is 0.0862. The van der Waals surface area contributed by atoms with Crippen LogP contribution in [0.15, 0.2) is 24.3 Å². The number of carbonyl (C=O) groups is 1. The van der Waals surface area contributed by atoms with Crippen molar-refractivity contribution >= 4 is 11.8 Å². The average molecular weight is 224 g/mol. The minimum Gasteiger partial charge on any atom is -0.449 e. The van der Waals surface area contributed by atoms with Crippen molar-refractivity contribution in [2.75, 3.05) is 18.1 Å². The van der Waals surface area contributed by atoms with Gasteiger partial charge in [0.05, 0.1) is 18.3 Å². The first-order chi connectivity index (χ1) is 7.74. The van der Waals surface area contributed by atoms with Crippen LogP contribution in [0.5, 0.6) is 0 Å². The maximum Gasteiger partial charge on any atom is 0.414 e. The van der Waals surface area contributed by atoms with Crippen molar-refractivity contribution in [2.45, 2.75) is 12.5 Å². The molecule has 16 heavy (non-hydrogen) atoms. The molecule has 4 nitrogen and oxygen atoms in total. The van der Waals surface area contributed by atoms with E-state index in [4.69, 9.17) is 10.5 Å². The molecule has 0 aliphatic carbocycles. The number of ether oxygens (including phenoxy) is 1. The van der Waals surface area contributed by atoms with E-state index in [0.29, 0.717) is 19.6 Å². The van der Waals surface area contributed by atoms with Crippen molar-refractivity contribution in [3.8, 4) is 0 Å². The van der Waals surface area contributed by atoms with Gasteiger partial charge in [0.25, 0.3) is 0 Å². The summed E-state index contributed by atoms with van der Waals surface area (Å²) in [5.74, 6) is -0.445. The summed E-state index contributed by atoms with van der Waals surface area (Å²) < 4.78 is 18.5. The Balaban J connectivity index is 2.36. The number of amides is 1. The molecular formula is C11H13FN2O2. The van der Waals surface area contributed by atoms with E-state index in [9.17, 15) is 9.18 Å². The van der Waals surface area contributed by atoms with Gasteiger partial charge < -0.3 is 10.5 Å². The molecule has 1 amide bonds. The molecule has 1 atom stereocenters. The van der Waals surface area contributed by atoms with Crippen molar-refractivity contribution in [1.29, 1.82) is 0 Å². The lowest BCUT2D eigenvalue weighted by atomic mass is 10.1. The van der Waals surface area contributed by atoms with Crippen LogP contribution >= 0.6 is 0 Å². The van der Waals surface area contributed by atoms with Gasteiger partial charge in [0, 0.05) is 13.0 Å². The first kappa shape index (κ1) is 10.9. The third-order valence-electron chi connectivity index (χ3n) is 2.62. The van der Waals surface area contributed by atoms with E-state index >= 15 is 0 Å². The number of anilines is 1. The second-order valence-corrected chi connectivity index (χ2v) is 3.61. The lowest BCUT2D eigenvalue weighted by Crippen LogP contribution is -2.49. The zero-order chi connectivity index (χ0) is 11.5. The summed E-state index contributed by atoms with van der Waals surface area (Å²) >= 11 is 0. The van der Waals surface area contributed by atoms with Gasteiger partial charge in [0.1, 0.15) is 5.82 Å². The van der Waals surface area contributed by atoms with Crippen LogP contribution < -0.4 is 10.6 Å². The summed E-state index contributed by atoms with van der Waals surface area (Å²) in [4.78, 5) is 12.9. The lowest BCUT2D eigenvalue weighted by molar-refractivity contribution is 0.129. The number of hydrogen-bond donors (Lipinski definition) is 1. The summed E-state index contributed by atoms with van der Waals surface area (Å²) in [5, 5.41) is 0. The second kappa shape index (κ2) is 4.49. The molecule has 1 unspecified atom stereocenters.